The third-order valence-corrected chi connectivity index (χ3v) is 13.7. The number of piperazine rings is 1. The van der Waals surface area contributed by atoms with E-state index in [-0.39, 0.29) is 17.1 Å². The molecule has 0 amide bonds. The smallest absolute Gasteiger partial charge is 0.228 e. The molecule has 4 heterocycles. The van der Waals surface area contributed by atoms with Crippen molar-refractivity contribution in [3.63, 3.8) is 0 Å². The average Bonchev–Trinajstić information content (AvgIpc) is 3.32. The van der Waals surface area contributed by atoms with E-state index in [1.54, 1.807) is 6.20 Å². The summed E-state index contributed by atoms with van der Waals surface area (Å²) >= 11 is 0. The number of anilines is 4. The third kappa shape index (κ3) is 6.71. The Labute approximate surface area is 261 Å². The molecule has 1 saturated heterocycles. The number of β-amino-alcohol motifs (C(OH)–C–C–N with tert-alkyl or cyclic N) is 1. The molecule has 0 bridgehead atoms. The molecule has 0 radical (unpaired) electrons. The quantitative estimate of drug-likeness (QED) is 0.290. The molecule has 0 spiro atoms. The first-order valence-corrected chi connectivity index (χ1v) is 18.2. The van der Waals surface area contributed by atoms with Crippen LogP contribution >= 0.6 is 0 Å². The molecule has 2 aliphatic rings. The molecule has 0 unspecified atom stereocenters. The van der Waals surface area contributed by atoms with Crippen LogP contribution in [-0.2, 0) is 9.84 Å². The van der Waals surface area contributed by atoms with Gasteiger partial charge in [0.25, 0.3) is 0 Å². The van der Waals surface area contributed by atoms with Crippen molar-refractivity contribution in [3.05, 3.63) is 47.4 Å². The SMILES string of the molecule is Cc1nc(Nc2nccc(-c3cc(C#N)c4c(c3)[C@@](C)(CO[Si](C)(C)C(C)(C)C)CN4)n2)cc(N2CCN(CCO)CC2)n1. The molecule has 2 aliphatic heterocycles. The Bertz CT molecular complexity index is 1540. The molecule has 12 heteroatoms. The molecule has 3 N–H and O–H groups in total. The number of benzene rings is 1. The lowest BCUT2D eigenvalue weighted by molar-refractivity contribution is 0.188. The highest BCUT2D eigenvalue weighted by molar-refractivity contribution is 6.74. The van der Waals surface area contributed by atoms with Gasteiger partial charge in [0, 0.05) is 69.1 Å². The second-order valence-corrected chi connectivity index (χ2v) is 18.4. The monoisotopic (exact) mass is 615 g/mol. The molecular weight excluding hydrogens is 570 g/mol. The van der Waals surface area contributed by atoms with Crippen LogP contribution in [0.3, 0.4) is 0 Å². The van der Waals surface area contributed by atoms with E-state index in [1.165, 1.54) is 0 Å². The lowest BCUT2D eigenvalue weighted by Gasteiger charge is -2.39. The standard InChI is InChI=1S/C32H45N9O2Si/c1-22-36-27(18-28(37-22)41-12-10-40(11-13-41)14-15-42)39-30-34-9-8-26(38-30)23-16-24(19-33)29-25(17-23)32(5,20-35-29)21-43-44(6,7)31(2,3)4/h8-9,16-18,35,42H,10-15,20-21H2,1-7H3,(H,34,36,37,38,39)/t32-/m1/s1. The summed E-state index contributed by atoms with van der Waals surface area (Å²) < 4.78 is 6.67. The van der Waals surface area contributed by atoms with Gasteiger partial charge in [-0.05, 0) is 48.8 Å². The minimum Gasteiger partial charge on any atom is -0.416 e. The van der Waals surface area contributed by atoms with E-state index >= 15 is 0 Å². The van der Waals surface area contributed by atoms with Gasteiger partial charge in [0.15, 0.2) is 8.32 Å². The van der Waals surface area contributed by atoms with Gasteiger partial charge in [-0.1, -0.05) is 27.7 Å². The van der Waals surface area contributed by atoms with E-state index in [2.05, 4.69) is 88.3 Å². The second-order valence-electron chi connectivity index (χ2n) is 13.6. The zero-order valence-electron chi connectivity index (χ0n) is 27.0. The summed E-state index contributed by atoms with van der Waals surface area (Å²) in [7, 11) is -1.96. The van der Waals surface area contributed by atoms with Gasteiger partial charge >= 0.3 is 0 Å². The van der Waals surface area contributed by atoms with Crippen molar-refractivity contribution < 1.29 is 9.53 Å². The number of fused-ring (bicyclic) bond motifs is 1. The van der Waals surface area contributed by atoms with Gasteiger partial charge in [-0.25, -0.2) is 19.9 Å². The van der Waals surface area contributed by atoms with Crippen LogP contribution in [0.4, 0.5) is 23.3 Å². The number of hydrogen-bond acceptors (Lipinski definition) is 11. The number of aromatic nitrogens is 4. The molecule has 5 rings (SSSR count). The van der Waals surface area contributed by atoms with Crippen LogP contribution in [0.15, 0.2) is 30.5 Å². The predicted octanol–water partition coefficient (Wildman–Crippen LogP) is 4.68. The van der Waals surface area contributed by atoms with Gasteiger partial charge in [0.2, 0.25) is 5.95 Å². The fourth-order valence-electron chi connectivity index (χ4n) is 5.42. The van der Waals surface area contributed by atoms with Crippen LogP contribution in [-0.4, -0.2) is 90.7 Å². The first-order chi connectivity index (χ1) is 20.8. The molecule has 1 aromatic carbocycles. The summed E-state index contributed by atoms with van der Waals surface area (Å²) in [6.45, 7) is 20.9. The van der Waals surface area contributed by atoms with Crippen molar-refractivity contribution in [3.8, 4) is 17.3 Å². The van der Waals surface area contributed by atoms with E-state index in [9.17, 15) is 10.4 Å². The number of nitrogens with one attached hydrogen (secondary N) is 2. The van der Waals surface area contributed by atoms with E-state index in [4.69, 9.17) is 9.41 Å². The highest BCUT2D eigenvalue weighted by Gasteiger charge is 2.42. The molecular formula is C32H45N9O2Si. The van der Waals surface area contributed by atoms with Crippen LogP contribution in [0.2, 0.25) is 18.1 Å². The maximum atomic E-state index is 10.1. The maximum absolute atomic E-state index is 10.1. The number of nitrogens with zero attached hydrogens (tertiary/aromatic N) is 7. The Balaban J connectivity index is 1.38. The lowest BCUT2D eigenvalue weighted by atomic mass is 9.83. The van der Waals surface area contributed by atoms with Crippen LogP contribution in [0.25, 0.3) is 11.3 Å². The predicted molar refractivity (Wildman–Crippen MR) is 177 cm³/mol. The maximum Gasteiger partial charge on any atom is 0.228 e. The summed E-state index contributed by atoms with van der Waals surface area (Å²) in [5, 5.41) is 26.2. The highest BCUT2D eigenvalue weighted by atomic mass is 28.4. The topological polar surface area (TPSA) is 135 Å². The summed E-state index contributed by atoms with van der Waals surface area (Å²) in [5.41, 5.74) is 3.84. The molecule has 1 atom stereocenters. The normalized spacial score (nSPS) is 18.9. The van der Waals surface area contributed by atoms with Crippen LogP contribution in [0.1, 0.15) is 44.6 Å². The molecule has 0 aliphatic carbocycles. The van der Waals surface area contributed by atoms with Crippen molar-refractivity contribution in [1.82, 2.24) is 24.8 Å². The van der Waals surface area contributed by atoms with Crippen molar-refractivity contribution in [1.29, 1.82) is 5.26 Å². The summed E-state index contributed by atoms with van der Waals surface area (Å²) in [4.78, 5) is 23.0. The molecule has 234 valence electrons. The summed E-state index contributed by atoms with van der Waals surface area (Å²) in [6, 6.07) is 10.2. The van der Waals surface area contributed by atoms with Gasteiger partial charge in [0.1, 0.15) is 23.5 Å². The summed E-state index contributed by atoms with van der Waals surface area (Å²) in [6.07, 6.45) is 1.72. The van der Waals surface area contributed by atoms with Gasteiger partial charge in [-0.2, -0.15) is 5.26 Å². The fraction of sp³-hybridized carbons (Fsp3) is 0.531. The second kappa shape index (κ2) is 12.4. The first-order valence-electron chi connectivity index (χ1n) is 15.3. The average molecular weight is 616 g/mol. The highest BCUT2D eigenvalue weighted by Crippen LogP contribution is 2.44. The molecule has 1 fully saturated rings. The number of rotatable bonds is 9. The van der Waals surface area contributed by atoms with E-state index in [0.717, 1.165) is 48.8 Å². The van der Waals surface area contributed by atoms with Crippen LogP contribution in [0.5, 0.6) is 0 Å². The van der Waals surface area contributed by atoms with Gasteiger partial charge in [-0.3, -0.25) is 4.90 Å². The molecule has 44 heavy (non-hydrogen) atoms. The largest absolute Gasteiger partial charge is 0.416 e. The van der Waals surface area contributed by atoms with Crippen molar-refractivity contribution in [2.75, 3.05) is 68.0 Å². The van der Waals surface area contributed by atoms with Crippen molar-refractivity contribution in [2.45, 2.75) is 58.2 Å². The minimum absolute atomic E-state index is 0.112. The van der Waals surface area contributed by atoms with Crippen LogP contribution < -0.4 is 15.5 Å². The lowest BCUT2D eigenvalue weighted by Crippen LogP contribution is -2.47. The molecule has 2 aromatic heterocycles. The Morgan fingerprint density at radius 2 is 1.89 bits per heavy atom. The molecule has 11 nitrogen and oxygen atoms in total. The zero-order valence-corrected chi connectivity index (χ0v) is 28.0. The van der Waals surface area contributed by atoms with E-state index in [0.29, 0.717) is 48.5 Å². The Morgan fingerprint density at radius 1 is 1.14 bits per heavy atom. The third-order valence-electron chi connectivity index (χ3n) is 9.25. The number of aliphatic hydroxyl groups excluding tert-OH is 1. The first kappa shape index (κ1) is 31.8. The number of aryl methyl sites for hydroxylation is 1. The fourth-order valence-corrected chi connectivity index (χ4v) is 6.53. The Kier molecular flexibility index (Phi) is 8.96. The number of aliphatic hydroxyl groups is 1. The van der Waals surface area contributed by atoms with E-state index in [1.807, 2.05) is 25.1 Å². The Hall–Kier alpha value is -3.63. The van der Waals surface area contributed by atoms with Gasteiger partial charge in [-0.15, -0.1) is 0 Å². The zero-order chi connectivity index (χ0) is 31.7. The Morgan fingerprint density at radius 3 is 2.57 bits per heavy atom. The van der Waals surface area contributed by atoms with Crippen LogP contribution in [0, 0.1) is 18.3 Å². The van der Waals surface area contributed by atoms with Crippen molar-refractivity contribution >= 4 is 31.6 Å². The van der Waals surface area contributed by atoms with Crippen molar-refractivity contribution in [2.24, 2.45) is 0 Å². The number of hydrogen-bond donors (Lipinski definition) is 3. The molecule has 3 aromatic rings. The van der Waals surface area contributed by atoms with Gasteiger partial charge in [0.05, 0.1) is 23.6 Å². The molecule has 0 saturated carbocycles. The minimum atomic E-state index is -1.96. The number of nitriles is 1. The summed E-state index contributed by atoms with van der Waals surface area (Å²) in [5.74, 6) is 2.54. The van der Waals surface area contributed by atoms with E-state index < -0.39 is 8.32 Å². The van der Waals surface area contributed by atoms with Gasteiger partial charge < -0.3 is 25.1 Å².